The highest BCUT2D eigenvalue weighted by Gasteiger charge is 2.19. The molecule has 1 aromatic carbocycles. The van der Waals surface area contributed by atoms with Gasteiger partial charge < -0.3 is 10.1 Å². The Morgan fingerprint density at radius 3 is 3.06 bits per heavy atom. The Morgan fingerprint density at radius 1 is 1.56 bits per heavy atom. The second-order valence-corrected chi connectivity index (χ2v) is 4.66. The van der Waals surface area contributed by atoms with Gasteiger partial charge in [-0.1, -0.05) is 0 Å². The number of benzene rings is 1. The lowest BCUT2D eigenvalue weighted by Gasteiger charge is -2.34. The van der Waals surface area contributed by atoms with Crippen molar-refractivity contribution in [2.45, 2.75) is 19.5 Å². The number of methoxy groups -OCH3 is 1. The monoisotopic (exact) mass is 245 g/mol. The van der Waals surface area contributed by atoms with E-state index in [4.69, 9.17) is 10.00 Å². The van der Waals surface area contributed by atoms with Crippen molar-refractivity contribution in [1.29, 1.82) is 5.26 Å². The molecule has 1 aromatic rings. The number of ether oxygens (including phenoxy) is 1. The fourth-order valence-electron chi connectivity index (χ4n) is 2.31. The van der Waals surface area contributed by atoms with Gasteiger partial charge in [-0.05, 0) is 25.1 Å². The number of piperazine rings is 1. The third-order valence-electron chi connectivity index (χ3n) is 3.42. The molecule has 0 aliphatic carbocycles. The van der Waals surface area contributed by atoms with Crippen molar-refractivity contribution in [1.82, 2.24) is 10.2 Å². The molecule has 0 saturated carbocycles. The largest absolute Gasteiger partial charge is 0.496 e. The van der Waals surface area contributed by atoms with Gasteiger partial charge in [0.2, 0.25) is 0 Å². The summed E-state index contributed by atoms with van der Waals surface area (Å²) in [7, 11) is 1.67. The second-order valence-electron chi connectivity index (χ2n) is 4.66. The Hall–Kier alpha value is -1.57. The average Bonchev–Trinajstić information content (AvgIpc) is 2.41. The van der Waals surface area contributed by atoms with E-state index < -0.39 is 0 Å². The summed E-state index contributed by atoms with van der Waals surface area (Å²) in [5, 5.41) is 12.3. The molecule has 1 saturated heterocycles. The fraction of sp³-hybridized carbons (Fsp3) is 0.500. The minimum absolute atomic E-state index is 0.509. The smallest absolute Gasteiger partial charge is 0.123 e. The van der Waals surface area contributed by atoms with Crippen LogP contribution >= 0.6 is 0 Å². The molecule has 1 aliphatic rings. The van der Waals surface area contributed by atoms with Crippen molar-refractivity contribution in [2.75, 3.05) is 26.7 Å². The summed E-state index contributed by atoms with van der Waals surface area (Å²) < 4.78 is 5.37. The molecular formula is C14H19N3O. The number of rotatable bonds is 3. The zero-order chi connectivity index (χ0) is 13.0. The fourth-order valence-corrected chi connectivity index (χ4v) is 2.31. The van der Waals surface area contributed by atoms with Gasteiger partial charge in [0.25, 0.3) is 0 Å². The predicted octanol–water partition coefficient (Wildman–Crippen LogP) is 1.36. The predicted molar refractivity (Wildman–Crippen MR) is 70.5 cm³/mol. The highest BCUT2D eigenvalue weighted by molar-refractivity contribution is 5.42. The minimum Gasteiger partial charge on any atom is -0.496 e. The molecule has 1 aliphatic heterocycles. The molecular weight excluding hydrogens is 226 g/mol. The van der Waals surface area contributed by atoms with Crippen LogP contribution in [0.2, 0.25) is 0 Å². The van der Waals surface area contributed by atoms with Crippen LogP contribution in [0.5, 0.6) is 5.75 Å². The quantitative estimate of drug-likeness (QED) is 0.873. The van der Waals surface area contributed by atoms with E-state index in [1.54, 1.807) is 13.2 Å². The topological polar surface area (TPSA) is 48.3 Å². The van der Waals surface area contributed by atoms with Crippen LogP contribution in [0, 0.1) is 11.3 Å². The third-order valence-corrected chi connectivity index (χ3v) is 3.42. The summed E-state index contributed by atoms with van der Waals surface area (Å²) in [4.78, 5) is 2.41. The molecule has 1 heterocycles. The molecule has 18 heavy (non-hydrogen) atoms. The lowest BCUT2D eigenvalue weighted by atomic mass is 10.1. The summed E-state index contributed by atoms with van der Waals surface area (Å²) in [6.07, 6.45) is 0. The minimum atomic E-state index is 0.509. The number of hydrogen-bond acceptors (Lipinski definition) is 4. The van der Waals surface area contributed by atoms with Gasteiger partial charge in [-0.25, -0.2) is 0 Å². The summed E-state index contributed by atoms with van der Waals surface area (Å²) >= 11 is 0. The maximum atomic E-state index is 8.97. The highest BCUT2D eigenvalue weighted by atomic mass is 16.5. The molecule has 0 spiro atoms. The molecule has 0 radical (unpaired) electrons. The van der Waals surface area contributed by atoms with Crippen LogP contribution < -0.4 is 10.1 Å². The lowest BCUT2D eigenvalue weighted by Crippen LogP contribution is -2.49. The van der Waals surface area contributed by atoms with Crippen LogP contribution in [0.3, 0.4) is 0 Å². The lowest BCUT2D eigenvalue weighted by molar-refractivity contribution is 0.164. The maximum Gasteiger partial charge on any atom is 0.123 e. The molecule has 4 heteroatoms. The second kappa shape index (κ2) is 5.85. The van der Waals surface area contributed by atoms with E-state index in [-0.39, 0.29) is 0 Å². The normalized spacial score (nSPS) is 20.4. The summed E-state index contributed by atoms with van der Waals surface area (Å²) in [6.45, 7) is 6.11. The van der Waals surface area contributed by atoms with Crippen molar-refractivity contribution in [3.8, 4) is 11.8 Å². The number of hydrogen-bond donors (Lipinski definition) is 1. The van der Waals surface area contributed by atoms with Crippen LogP contribution in [-0.2, 0) is 6.54 Å². The van der Waals surface area contributed by atoms with Crippen molar-refractivity contribution in [2.24, 2.45) is 0 Å². The van der Waals surface area contributed by atoms with Gasteiger partial charge in [0, 0.05) is 37.8 Å². The third kappa shape index (κ3) is 2.81. The van der Waals surface area contributed by atoms with Crippen molar-refractivity contribution < 1.29 is 4.74 Å². The van der Waals surface area contributed by atoms with Crippen molar-refractivity contribution >= 4 is 0 Å². The highest BCUT2D eigenvalue weighted by Crippen LogP contribution is 2.22. The molecule has 4 nitrogen and oxygen atoms in total. The van der Waals surface area contributed by atoms with E-state index in [1.807, 2.05) is 12.1 Å². The Balaban J connectivity index is 2.18. The average molecular weight is 245 g/mol. The van der Waals surface area contributed by atoms with E-state index in [9.17, 15) is 0 Å². The zero-order valence-corrected chi connectivity index (χ0v) is 10.9. The van der Waals surface area contributed by atoms with Gasteiger partial charge in [-0.3, -0.25) is 4.90 Å². The first-order valence-electron chi connectivity index (χ1n) is 6.26. The molecule has 0 aromatic heterocycles. The van der Waals surface area contributed by atoms with Crippen LogP contribution in [0.15, 0.2) is 18.2 Å². The van der Waals surface area contributed by atoms with Gasteiger partial charge in [0.15, 0.2) is 0 Å². The summed E-state index contributed by atoms with van der Waals surface area (Å²) in [5.74, 6) is 0.861. The molecule has 0 bridgehead atoms. The molecule has 0 amide bonds. The van der Waals surface area contributed by atoms with E-state index in [1.165, 1.54) is 0 Å². The van der Waals surface area contributed by atoms with Crippen LogP contribution in [0.4, 0.5) is 0 Å². The van der Waals surface area contributed by atoms with Crippen molar-refractivity contribution in [3.63, 3.8) is 0 Å². The maximum absolute atomic E-state index is 8.97. The molecule has 1 fully saturated rings. The van der Waals surface area contributed by atoms with Crippen LogP contribution in [0.1, 0.15) is 18.1 Å². The summed E-state index contributed by atoms with van der Waals surface area (Å²) in [6, 6.07) is 8.28. The first-order valence-corrected chi connectivity index (χ1v) is 6.26. The molecule has 1 N–H and O–H groups in total. The van der Waals surface area contributed by atoms with E-state index in [0.29, 0.717) is 11.6 Å². The van der Waals surface area contributed by atoms with Gasteiger partial charge in [0.05, 0.1) is 18.7 Å². The van der Waals surface area contributed by atoms with Gasteiger partial charge >= 0.3 is 0 Å². The Kier molecular flexibility index (Phi) is 4.19. The summed E-state index contributed by atoms with van der Waals surface area (Å²) in [5.41, 5.74) is 1.78. The molecule has 1 unspecified atom stereocenters. The standard InChI is InChI=1S/C14H19N3O/c1-11-9-16-5-6-17(11)10-13-7-12(8-15)3-4-14(13)18-2/h3-4,7,11,16H,5-6,9-10H2,1-2H3. The number of nitrogens with zero attached hydrogens (tertiary/aromatic N) is 2. The Bertz CT molecular complexity index is 453. The van der Waals surface area contributed by atoms with E-state index >= 15 is 0 Å². The Labute approximate surface area is 108 Å². The van der Waals surface area contributed by atoms with Crippen LogP contribution in [-0.4, -0.2) is 37.7 Å². The molecule has 96 valence electrons. The van der Waals surface area contributed by atoms with E-state index in [0.717, 1.165) is 37.5 Å². The van der Waals surface area contributed by atoms with Gasteiger partial charge in [-0.2, -0.15) is 5.26 Å². The zero-order valence-electron chi connectivity index (χ0n) is 10.9. The van der Waals surface area contributed by atoms with E-state index in [2.05, 4.69) is 23.2 Å². The Morgan fingerprint density at radius 2 is 2.39 bits per heavy atom. The SMILES string of the molecule is COc1ccc(C#N)cc1CN1CCNCC1C. The molecule has 1 atom stereocenters. The number of nitriles is 1. The molecule has 2 rings (SSSR count). The van der Waals surface area contributed by atoms with Gasteiger partial charge in [-0.15, -0.1) is 0 Å². The first-order chi connectivity index (χ1) is 8.74. The first kappa shape index (κ1) is 12.9. The van der Waals surface area contributed by atoms with Gasteiger partial charge in [0.1, 0.15) is 5.75 Å². The number of nitrogens with one attached hydrogen (secondary N) is 1. The van der Waals surface area contributed by atoms with Crippen molar-refractivity contribution in [3.05, 3.63) is 29.3 Å². The van der Waals surface area contributed by atoms with Crippen LogP contribution in [0.25, 0.3) is 0 Å².